The highest BCUT2D eigenvalue weighted by Gasteiger charge is 2.24. The molecule has 0 saturated heterocycles. The summed E-state index contributed by atoms with van der Waals surface area (Å²) < 4.78 is 9.11. The van der Waals surface area contributed by atoms with Crippen molar-refractivity contribution in [3.05, 3.63) is 0 Å². The molecular weight excluding hydrogens is 214 g/mol. The lowest BCUT2D eigenvalue weighted by Crippen LogP contribution is -2.39. The Bertz CT molecular complexity index is 264. The molecular formula is C10H17NO5. The van der Waals surface area contributed by atoms with Gasteiger partial charge in [0.15, 0.2) is 12.4 Å². The third-order valence-corrected chi connectivity index (χ3v) is 2.01. The fourth-order valence-corrected chi connectivity index (χ4v) is 0.865. The smallest absolute Gasteiger partial charge is 0.323 e. The Labute approximate surface area is 94.1 Å². The van der Waals surface area contributed by atoms with Gasteiger partial charge in [-0.05, 0) is 5.92 Å². The van der Waals surface area contributed by atoms with Crippen LogP contribution >= 0.6 is 0 Å². The summed E-state index contributed by atoms with van der Waals surface area (Å²) >= 11 is 0. The van der Waals surface area contributed by atoms with E-state index in [0.717, 1.165) is 0 Å². The molecule has 92 valence electrons. The Balaban J connectivity index is 4.27. The molecule has 0 bridgehead atoms. The summed E-state index contributed by atoms with van der Waals surface area (Å²) in [5.41, 5.74) is 5.52. The van der Waals surface area contributed by atoms with E-state index in [1.54, 1.807) is 13.8 Å². The number of aldehydes is 1. The van der Waals surface area contributed by atoms with Gasteiger partial charge in [-0.3, -0.25) is 14.4 Å². The van der Waals surface area contributed by atoms with Crippen molar-refractivity contribution in [2.24, 2.45) is 11.7 Å². The number of hydrogen-bond donors (Lipinski definition) is 1. The molecule has 0 aliphatic heterocycles. The largest absolute Gasteiger partial charge is 0.469 e. The number of esters is 2. The second-order valence-corrected chi connectivity index (χ2v) is 3.66. The van der Waals surface area contributed by atoms with E-state index in [4.69, 9.17) is 10.5 Å². The summed E-state index contributed by atoms with van der Waals surface area (Å²) in [5.74, 6) is -1.42. The summed E-state index contributed by atoms with van der Waals surface area (Å²) in [7, 11) is 1.19. The van der Waals surface area contributed by atoms with Gasteiger partial charge < -0.3 is 15.2 Å². The Kier molecular flexibility index (Phi) is 6.32. The first-order chi connectivity index (χ1) is 7.42. The van der Waals surface area contributed by atoms with Gasteiger partial charge in [-0.15, -0.1) is 0 Å². The van der Waals surface area contributed by atoms with Crippen molar-refractivity contribution in [2.45, 2.75) is 32.4 Å². The lowest BCUT2D eigenvalue weighted by molar-refractivity contribution is -0.158. The topological polar surface area (TPSA) is 95.7 Å². The molecule has 2 atom stereocenters. The maximum atomic E-state index is 11.4. The SMILES string of the molecule is COC(=O)CC(C=O)OC(=O)[C@@H](N)C(C)C. The maximum absolute atomic E-state index is 11.4. The Morgan fingerprint density at radius 2 is 1.94 bits per heavy atom. The third-order valence-electron chi connectivity index (χ3n) is 2.01. The van der Waals surface area contributed by atoms with Crippen molar-refractivity contribution in [1.82, 2.24) is 0 Å². The van der Waals surface area contributed by atoms with Gasteiger partial charge >= 0.3 is 11.9 Å². The Morgan fingerprint density at radius 1 is 1.38 bits per heavy atom. The first-order valence-corrected chi connectivity index (χ1v) is 4.90. The average molecular weight is 231 g/mol. The molecule has 16 heavy (non-hydrogen) atoms. The molecule has 1 unspecified atom stereocenters. The minimum absolute atomic E-state index is 0.0991. The normalized spacial score (nSPS) is 14.1. The summed E-state index contributed by atoms with van der Waals surface area (Å²) in [4.78, 5) is 32.8. The van der Waals surface area contributed by atoms with Crippen molar-refractivity contribution >= 4 is 18.2 Å². The molecule has 0 rings (SSSR count). The highest BCUT2D eigenvalue weighted by atomic mass is 16.6. The number of hydrogen-bond acceptors (Lipinski definition) is 6. The minimum Gasteiger partial charge on any atom is -0.469 e. The van der Waals surface area contributed by atoms with E-state index in [0.29, 0.717) is 6.29 Å². The summed E-state index contributed by atoms with van der Waals surface area (Å²) in [5, 5.41) is 0. The van der Waals surface area contributed by atoms with Crippen molar-refractivity contribution in [1.29, 1.82) is 0 Å². The van der Waals surface area contributed by atoms with Crippen LogP contribution in [0.1, 0.15) is 20.3 Å². The van der Waals surface area contributed by atoms with Crippen molar-refractivity contribution in [3.8, 4) is 0 Å². The van der Waals surface area contributed by atoms with E-state index < -0.39 is 24.1 Å². The zero-order chi connectivity index (χ0) is 12.7. The van der Waals surface area contributed by atoms with Crippen LogP contribution in [0.15, 0.2) is 0 Å². The van der Waals surface area contributed by atoms with Crippen LogP contribution in [0.25, 0.3) is 0 Å². The van der Waals surface area contributed by atoms with Crippen LogP contribution in [0.3, 0.4) is 0 Å². The molecule has 0 amide bonds. The zero-order valence-electron chi connectivity index (χ0n) is 9.64. The fraction of sp³-hybridized carbons (Fsp3) is 0.700. The lowest BCUT2D eigenvalue weighted by atomic mass is 10.1. The summed E-state index contributed by atoms with van der Waals surface area (Å²) in [6, 6.07) is -0.805. The quantitative estimate of drug-likeness (QED) is 0.495. The number of ether oxygens (including phenoxy) is 2. The van der Waals surface area contributed by atoms with Crippen LogP contribution in [-0.4, -0.2) is 37.5 Å². The third kappa shape index (κ3) is 4.88. The standard InChI is InChI=1S/C10H17NO5/c1-6(2)9(11)10(14)16-7(5-12)4-8(13)15-3/h5-7,9H,4,11H2,1-3H3/t7?,9-/m0/s1. The van der Waals surface area contributed by atoms with Crippen molar-refractivity contribution in [3.63, 3.8) is 0 Å². The number of carbonyl (C=O) groups is 3. The molecule has 0 saturated carbocycles. The van der Waals surface area contributed by atoms with Gasteiger partial charge in [0.2, 0.25) is 0 Å². The Hall–Kier alpha value is -1.43. The van der Waals surface area contributed by atoms with Gasteiger partial charge in [0.25, 0.3) is 0 Å². The second-order valence-electron chi connectivity index (χ2n) is 3.66. The zero-order valence-corrected chi connectivity index (χ0v) is 9.64. The molecule has 0 spiro atoms. The lowest BCUT2D eigenvalue weighted by Gasteiger charge is -2.17. The minimum atomic E-state index is -1.13. The van der Waals surface area contributed by atoms with E-state index in [-0.39, 0.29) is 12.3 Å². The fourth-order valence-electron chi connectivity index (χ4n) is 0.865. The highest BCUT2D eigenvalue weighted by molar-refractivity contribution is 5.80. The second kappa shape index (κ2) is 6.95. The van der Waals surface area contributed by atoms with E-state index in [1.165, 1.54) is 7.11 Å². The highest BCUT2D eigenvalue weighted by Crippen LogP contribution is 2.04. The molecule has 2 N–H and O–H groups in total. The molecule has 0 aliphatic carbocycles. The van der Waals surface area contributed by atoms with Gasteiger partial charge in [-0.25, -0.2) is 0 Å². The van der Waals surface area contributed by atoms with Gasteiger partial charge in [0.05, 0.1) is 13.5 Å². The molecule has 0 aromatic carbocycles. The summed E-state index contributed by atoms with van der Waals surface area (Å²) in [6.45, 7) is 3.50. The molecule has 0 heterocycles. The molecule has 0 aliphatic rings. The summed E-state index contributed by atoms with van der Waals surface area (Å²) in [6.07, 6.45) is -1.05. The molecule has 0 aromatic rings. The van der Waals surface area contributed by atoms with E-state index in [9.17, 15) is 14.4 Å². The van der Waals surface area contributed by atoms with Gasteiger partial charge in [0, 0.05) is 0 Å². The van der Waals surface area contributed by atoms with Crippen LogP contribution in [0.4, 0.5) is 0 Å². The first-order valence-electron chi connectivity index (χ1n) is 4.90. The molecule has 6 nitrogen and oxygen atoms in total. The van der Waals surface area contributed by atoms with E-state index >= 15 is 0 Å². The van der Waals surface area contributed by atoms with Crippen LogP contribution in [0, 0.1) is 5.92 Å². The maximum Gasteiger partial charge on any atom is 0.323 e. The molecule has 6 heteroatoms. The molecule has 0 radical (unpaired) electrons. The number of rotatable bonds is 6. The van der Waals surface area contributed by atoms with E-state index in [1.807, 2.05) is 0 Å². The molecule has 0 aromatic heterocycles. The van der Waals surface area contributed by atoms with Gasteiger partial charge in [-0.1, -0.05) is 13.8 Å². The van der Waals surface area contributed by atoms with Crippen LogP contribution < -0.4 is 5.73 Å². The van der Waals surface area contributed by atoms with Gasteiger partial charge in [0.1, 0.15) is 6.04 Å². The first kappa shape index (κ1) is 14.6. The van der Waals surface area contributed by atoms with Gasteiger partial charge in [-0.2, -0.15) is 0 Å². The average Bonchev–Trinajstić information content (AvgIpc) is 2.26. The van der Waals surface area contributed by atoms with Crippen molar-refractivity contribution < 1.29 is 23.9 Å². The number of methoxy groups -OCH3 is 1. The monoisotopic (exact) mass is 231 g/mol. The predicted molar refractivity (Wildman–Crippen MR) is 55.4 cm³/mol. The van der Waals surface area contributed by atoms with Crippen molar-refractivity contribution in [2.75, 3.05) is 7.11 Å². The van der Waals surface area contributed by atoms with E-state index in [2.05, 4.69) is 4.74 Å². The predicted octanol–water partition coefficient (Wildman–Crippen LogP) is -0.356. The number of carbonyl (C=O) groups excluding carboxylic acids is 3. The molecule has 0 fully saturated rings. The number of nitrogens with two attached hydrogens (primary N) is 1. The van der Waals surface area contributed by atoms with Crippen LogP contribution in [0.2, 0.25) is 0 Å². The van der Waals surface area contributed by atoms with Crippen LogP contribution in [-0.2, 0) is 23.9 Å². The Morgan fingerprint density at radius 3 is 2.31 bits per heavy atom. The van der Waals surface area contributed by atoms with Crippen LogP contribution in [0.5, 0.6) is 0 Å².